The summed E-state index contributed by atoms with van der Waals surface area (Å²) in [4.78, 5) is 35.8. The molecule has 0 atom stereocenters. The molecule has 0 saturated heterocycles. The lowest BCUT2D eigenvalue weighted by Gasteiger charge is -2.05. The molecular formula is C39H54Br3N3O3. The first-order chi connectivity index (χ1) is 21.8. The molecule has 3 aromatic heterocycles. The molecule has 0 aliphatic heterocycles. The van der Waals surface area contributed by atoms with E-state index in [0.717, 1.165) is 55.6 Å². The van der Waals surface area contributed by atoms with Gasteiger partial charge in [0.05, 0.1) is 0 Å². The van der Waals surface area contributed by atoms with Crippen LogP contribution in [-0.4, -0.2) is 17.3 Å². The highest BCUT2D eigenvalue weighted by atomic mass is 79.9. The van der Waals surface area contributed by atoms with Crippen LogP contribution in [0.4, 0.5) is 0 Å². The average Bonchev–Trinajstić information content (AvgIpc) is 3.86. The van der Waals surface area contributed by atoms with Crippen molar-refractivity contribution in [3.63, 3.8) is 0 Å². The van der Waals surface area contributed by atoms with Crippen molar-refractivity contribution in [2.75, 3.05) is 0 Å². The molecule has 0 amide bonds. The van der Waals surface area contributed by atoms with Gasteiger partial charge in [-0.05, 0) is 38.5 Å². The third-order valence-electron chi connectivity index (χ3n) is 9.91. The minimum atomic E-state index is 0. The standard InChI is InChI=1S/3C13H18NO.3BrH/c3*1-11-6-4-5-9-14(11)10-13(15)12-7-2-3-8-12;;;/h3*4-6,9,12H,2-3,7-8,10H2,1H3;3*1H/q3*+1;;;/p-3. The van der Waals surface area contributed by atoms with E-state index in [2.05, 4.69) is 0 Å². The van der Waals surface area contributed by atoms with Crippen LogP contribution in [-0.2, 0) is 34.0 Å². The largest absolute Gasteiger partial charge is 1.00 e. The number of hydrogen-bond acceptors (Lipinski definition) is 3. The Kier molecular flexibility index (Phi) is 21.3. The second kappa shape index (κ2) is 23.3. The van der Waals surface area contributed by atoms with E-state index in [1.165, 1.54) is 38.5 Å². The first kappa shape index (κ1) is 43.9. The van der Waals surface area contributed by atoms with E-state index in [9.17, 15) is 14.4 Å². The Labute approximate surface area is 320 Å². The molecule has 3 heterocycles. The summed E-state index contributed by atoms with van der Waals surface area (Å²) in [5.41, 5.74) is 3.47. The van der Waals surface area contributed by atoms with Crippen molar-refractivity contribution in [1.29, 1.82) is 0 Å². The summed E-state index contributed by atoms with van der Waals surface area (Å²) in [5.74, 6) is 2.22. The molecule has 3 aromatic rings. The number of carbonyl (C=O) groups excluding carboxylic acids is 3. The predicted octanol–water partition coefficient (Wildman–Crippen LogP) is -2.86. The Morgan fingerprint density at radius 1 is 0.458 bits per heavy atom. The van der Waals surface area contributed by atoms with Gasteiger partial charge in [-0.15, -0.1) is 0 Å². The molecule has 3 fully saturated rings. The van der Waals surface area contributed by atoms with E-state index in [1.807, 2.05) is 108 Å². The van der Waals surface area contributed by atoms with Crippen molar-refractivity contribution < 1.29 is 79.0 Å². The van der Waals surface area contributed by atoms with Gasteiger partial charge in [0.15, 0.2) is 35.7 Å². The summed E-state index contributed by atoms with van der Waals surface area (Å²) in [5, 5.41) is 0. The van der Waals surface area contributed by atoms with Crippen LogP contribution >= 0.6 is 0 Å². The highest BCUT2D eigenvalue weighted by Gasteiger charge is 2.27. The molecule has 0 bridgehead atoms. The number of aryl methyl sites for hydroxylation is 3. The number of ketones is 3. The molecule has 0 aromatic carbocycles. The van der Waals surface area contributed by atoms with Gasteiger partial charge in [0.2, 0.25) is 37.0 Å². The number of halogens is 3. The smallest absolute Gasteiger partial charge is 0.206 e. The predicted molar refractivity (Wildman–Crippen MR) is 175 cm³/mol. The summed E-state index contributed by atoms with van der Waals surface area (Å²) < 4.78 is 6.13. The van der Waals surface area contributed by atoms with Gasteiger partial charge in [0.1, 0.15) is 0 Å². The molecule has 264 valence electrons. The third-order valence-corrected chi connectivity index (χ3v) is 9.91. The highest BCUT2D eigenvalue weighted by Crippen LogP contribution is 2.27. The Hall–Kier alpha value is -2.10. The number of carbonyl (C=O) groups is 3. The summed E-state index contributed by atoms with van der Waals surface area (Å²) >= 11 is 0. The van der Waals surface area contributed by atoms with Gasteiger partial charge >= 0.3 is 0 Å². The molecule has 48 heavy (non-hydrogen) atoms. The zero-order chi connectivity index (χ0) is 32.0. The molecule has 6 nitrogen and oxygen atoms in total. The maximum Gasteiger partial charge on any atom is 0.206 e. The number of pyridine rings is 3. The monoisotopic (exact) mass is 849 g/mol. The number of nitrogens with zero attached hydrogens (tertiary/aromatic N) is 3. The van der Waals surface area contributed by atoms with Crippen molar-refractivity contribution >= 4 is 17.3 Å². The number of aromatic nitrogens is 3. The minimum Gasteiger partial charge on any atom is -1.00 e. The number of Topliss-reactive ketones (excluding diaryl/α,β-unsaturated/α-hetero) is 3. The normalized spacial score (nSPS) is 15.8. The van der Waals surface area contributed by atoms with E-state index in [1.54, 1.807) is 0 Å². The molecule has 0 unspecified atom stereocenters. The van der Waals surface area contributed by atoms with Crippen LogP contribution in [0.1, 0.15) is 94.1 Å². The quantitative estimate of drug-likeness (QED) is 0.218. The first-order valence-electron chi connectivity index (χ1n) is 17.2. The summed E-state index contributed by atoms with van der Waals surface area (Å²) in [6.07, 6.45) is 20.0. The van der Waals surface area contributed by atoms with Gasteiger partial charge < -0.3 is 50.9 Å². The van der Waals surface area contributed by atoms with Gasteiger partial charge in [-0.1, -0.05) is 56.7 Å². The zero-order valence-corrected chi connectivity index (χ0v) is 33.7. The van der Waals surface area contributed by atoms with Crippen molar-refractivity contribution in [1.82, 2.24) is 0 Å². The van der Waals surface area contributed by atoms with Crippen molar-refractivity contribution in [2.45, 2.75) is 117 Å². The lowest BCUT2D eigenvalue weighted by Crippen LogP contribution is -3.00. The zero-order valence-electron chi connectivity index (χ0n) is 29.0. The topological polar surface area (TPSA) is 62.9 Å². The van der Waals surface area contributed by atoms with Gasteiger partial charge in [0.25, 0.3) is 0 Å². The number of hydrogen-bond donors (Lipinski definition) is 0. The average molecular weight is 853 g/mol. The SMILES string of the molecule is Cc1cccc[n+]1CC(=O)C1CCCC1.Cc1cccc[n+]1CC(=O)C1CCCC1.Cc1cccc[n+]1CC(=O)C1CCCC1.[Br-].[Br-].[Br-]. The fourth-order valence-corrected chi connectivity index (χ4v) is 6.85. The van der Waals surface area contributed by atoms with Crippen LogP contribution < -0.4 is 64.6 Å². The van der Waals surface area contributed by atoms with Crippen molar-refractivity contribution in [3.05, 3.63) is 90.3 Å². The molecule has 3 saturated carbocycles. The van der Waals surface area contributed by atoms with Gasteiger partial charge in [-0.3, -0.25) is 14.4 Å². The second-order valence-electron chi connectivity index (χ2n) is 13.3. The van der Waals surface area contributed by atoms with Crippen molar-refractivity contribution in [3.8, 4) is 0 Å². The highest BCUT2D eigenvalue weighted by molar-refractivity contribution is 5.80. The Morgan fingerprint density at radius 2 is 0.688 bits per heavy atom. The van der Waals surface area contributed by atoms with E-state index in [4.69, 9.17) is 0 Å². The molecule has 0 spiro atoms. The molecule has 6 rings (SSSR count). The van der Waals surface area contributed by atoms with Gasteiger partial charge in [0, 0.05) is 74.9 Å². The molecule has 0 N–H and O–H groups in total. The molecule has 0 radical (unpaired) electrons. The van der Waals surface area contributed by atoms with Crippen LogP contribution in [0, 0.1) is 38.5 Å². The van der Waals surface area contributed by atoms with Crippen LogP contribution in [0.5, 0.6) is 0 Å². The lowest BCUT2D eigenvalue weighted by atomic mass is 10.0. The van der Waals surface area contributed by atoms with Crippen LogP contribution in [0.3, 0.4) is 0 Å². The Morgan fingerprint density at radius 3 is 0.896 bits per heavy atom. The minimum absolute atomic E-state index is 0. The summed E-state index contributed by atoms with van der Waals surface area (Å²) in [7, 11) is 0. The lowest BCUT2D eigenvalue weighted by molar-refractivity contribution is -0.690. The molecule has 9 heteroatoms. The van der Waals surface area contributed by atoms with Gasteiger partial charge in [-0.2, -0.15) is 13.7 Å². The van der Waals surface area contributed by atoms with E-state index >= 15 is 0 Å². The van der Waals surface area contributed by atoms with E-state index in [-0.39, 0.29) is 50.9 Å². The maximum absolute atomic E-state index is 11.9. The fraction of sp³-hybridized carbons (Fsp3) is 0.538. The third kappa shape index (κ3) is 14.0. The molecule has 3 aliphatic rings. The molecule has 3 aliphatic carbocycles. The summed E-state index contributed by atoms with van der Waals surface area (Å²) in [6, 6.07) is 18.1. The molecular weight excluding hydrogens is 798 g/mol. The van der Waals surface area contributed by atoms with E-state index < -0.39 is 0 Å². The van der Waals surface area contributed by atoms with Crippen LogP contribution in [0.25, 0.3) is 0 Å². The van der Waals surface area contributed by atoms with Crippen LogP contribution in [0.2, 0.25) is 0 Å². The van der Waals surface area contributed by atoms with Crippen LogP contribution in [0.15, 0.2) is 73.2 Å². The fourth-order valence-electron chi connectivity index (χ4n) is 6.85. The van der Waals surface area contributed by atoms with Crippen molar-refractivity contribution in [2.24, 2.45) is 17.8 Å². The van der Waals surface area contributed by atoms with Gasteiger partial charge in [-0.25, -0.2) is 0 Å². The first-order valence-corrected chi connectivity index (χ1v) is 17.2. The second-order valence-corrected chi connectivity index (χ2v) is 13.3. The maximum atomic E-state index is 11.9. The number of rotatable bonds is 9. The summed E-state index contributed by atoms with van der Waals surface area (Å²) in [6.45, 7) is 7.79. The van der Waals surface area contributed by atoms with E-state index in [0.29, 0.717) is 54.7 Å². The Bertz CT molecular complexity index is 1250. The Balaban J connectivity index is 0.000000349.